The van der Waals surface area contributed by atoms with E-state index in [4.69, 9.17) is 14.3 Å². The molecule has 1 aromatic carbocycles. The molecule has 0 radical (unpaired) electrons. The zero-order chi connectivity index (χ0) is 14.4. The molecule has 0 saturated heterocycles. The summed E-state index contributed by atoms with van der Waals surface area (Å²) in [6, 6.07) is 10.4. The monoisotopic (exact) mass is 275 g/mol. The van der Waals surface area contributed by atoms with Crippen LogP contribution in [-0.2, 0) is 0 Å². The number of ether oxygens (including phenoxy) is 1. The second kappa shape index (κ2) is 6.42. The highest BCUT2D eigenvalue weighted by Crippen LogP contribution is 2.08. The van der Waals surface area contributed by atoms with Crippen molar-refractivity contribution in [3.05, 3.63) is 54.0 Å². The molecular weight excluding hydrogens is 262 g/mol. The molecule has 0 spiro atoms. The number of rotatable bonds is 6. The lowest BCUT2D eigenvalue weighted by atomic mass is 10.3. The van der Waals surface area contributed by atoms with Gasteiger partial charge in [0.15, 0.2) is 5.76 Å². The van der Waals surface area contributed by atoms with Crippen LogP contribution in [0.15, 0.2) is 47.1 Å². The Balaban J connectivity index is 1.76. The summed E-state index contributed by atoms with van der Waals surface area (Å²) in [7, 11) is 0. The van der Waals surface area contributed by atoms with Gasteiger partial charge in [-0.2, -0.15) is 0 Å². The first-order valence-corrected chi connectivity index (χ1v) is 5.94. The minimum absolute atomic E-state index is 0.0397. The van der Waals surface area contributed by atoms with Crippen molar-refractivity contribution < 1.29 is 23.8 Å². The minimum atomic E-state index is -1.14. The van der Waals surface area contributed by atoms with Crippen molar-refractivity contribution in [2.24, 2.45) is 0 Å². The maximum atomic E-state index is 11.6. The summed E-state index contributed by atoms with van der Waals surface area (Å²) in [5.41, 5.74) is -0.0596. The van der Waals surface area contributed by atoms with Crippen molar-refractivity contribution in [2.75, 3.05) is 13.2 Å². The van der Waals surface area contributed by atoms with Crippen molar-refractivity contribution in [1.82, 2.24) is 5.32 Å². The van der Waals surface area contributed by atoms with E-state index in [1.807, 2.05) is 30.3 Å². The van der Waals surface area contributed by atoms with Crippen LogP contribution in [0.3, 0.4) is 0 Å². The number of carboxylic acid groups (broad SMARTS) is 1. The van der Waals surface area contributed by atoms with E-state index in [0.717, 1.165) is 6.26 Å². The number of amides is 1. The number of aromatic carboxylic acids is 1. The molecule has 0 atom stereocenters. The first kappa shape index (κ1) is 13.7. The SMILES string of the molecule is O=C(O)c1coc(C(=O)NCCOc2ccccc2)c1. The molecule has 6 heteroatoms. The second-order valence-electron chi connectivity index (χ2n) is 3.92. The number of benzene rings is 1. The molecule has 104 valence electrons. The van der Waals surface area contributed by atoms with Gasteiger partial charge < -0.3 is 19.6 Å². The first-order valence-electron chi connectivity index (χ1n) is 5.94. The number of hydrogen-bond acceptors (Lipinski definition) is 4. The van der Waals surface area contributed by atoms with E-state index in [0.29, 0.717) is 12.4 Å². The molecule has 2 rings (SSSR count). The van der Waals surface area contributed by atoms with E-state index in [9.17, 15) is 9.59 Å². The molecule has 0 unspecified atom stereocenters. The summed E-state index contributed by atoms with van der Waals surface area (Å²) < 4.78 is 10.3. The topological polar surface area (TPSA) is 88.8 Å². The second-order valence-corrected chi connectivity index (χ2v) is 3.92. The molecule has 2 aromatic rings. The van der Waals surface area contributed by atoms with Gasteiger partial charge in [-0.05, 0) is 12.1 Å². The third-order valence-electron chi connectivity index (χ3n) is 2.47. The lowest BCUT2D eigenvalue weighted by Gasteiger charge is -2.06. The summed E-state index contributed by atoms with van der Waals surface area (Å²) in [5, 5.41) is 11.3. The number of carbonyl (C=O) groups is 2. The Kier molecular flexibility index (Phi) is 4.39. The third kappa shape index (κ3) is 3.61. The zero-order valence-electron chi connectivity index (χ0n) is 10.5. The van der Waals surface area contributed by atoms with E-state index < -0.39 is 11.9 Å². The average molecular weight is 275 g/mol. The standard InChI is InChI=1S/C14H13NO5/c16-13(12-8-10(9-20-12)14(17)18)15-6-7-19-11-4-2-1-3-5-11/h1-5,8-9H,6-7H2,(H,15,16)(H,17,18). The van der Waals surface area contributed by atoms with Gasteiger partial charge in [0.05, 0.1) is 12.1 Å². The number of carbonyl (C=O) groups excluding carboxylic acids is 1. The molecule has 0 aliphatic heterocycles. The summed E-state index contributed by atoms with van der Waals surface area (Å²) in [6.07, 6.45) is 1.03. The van der Waals surface area contributed by atoms with Gasteiger partial charge in [0, 0.05) is 6.07 Å². The Morgan fingerprint density at radius 3 is 2.65 bits per heavy atom. The summed E-state index contributed by atoms with van der Waals surface area (Å²) >= 11 is 0. The van der Waals surface area contributed by atoms with Gasteiger partial charge in [-0.25, -0.2) is 4.79 Å². The number of furan rings is 1. The van der Waals surface area contributed by atoms with Crippen molar-refractivity contribution in [1.29, 1.82) is 0 Å². The van der Waals surface area contributed by atoms with Gasteiger partial charge in [0.1, 0.15) is 18.6 Å². The van der Waals surface area contributed by atoms with Crippen LogP contribution < -0.4 is 10.1 Å². The smallest absolute Gasteiger partial charge is 0.338 e. The van der Waals surface area contributed by atoms with Crippen LogP contribution in [0.4, 0.5) is 0 Å². The van der Waals surface area contributed by atoms with Crippen LogP contribution in [0.2, 0.25) is 0 Å². The average Bonchev–Trinajstić information content (AvgIpc) is 2.94. The third-order valence-corrected chi connectivity index (χ3v) is 2.47. The number of para-hydroxylation sites is 1. The van der Waals surface area contributed by atoms with E-state index >= 15 is 0 Å². The molecule has 0 bridgehead atoms. The molecule has 2 N–H and O–H groups in total. The van der Waals surface area contributed by atoms with Gasteiger partial charge in [0.2, 0.25) is 0 Å². The van der Waals surface area contributed by atoms with E-state index in [2.05, 4.69) is 5.32 Å². The Morgan fingerprint density at radius 1 is 1.25 bits per heavy atom. The Hall–Kier alpha value is -2.76. The maximum absolute atomic E-state index is 11.6. The van der Waals surface area contributed by atoms with Crippen LogP contribution >= 0.6 is 0 Å². The van der Waals surface area contributed by atoms with Gasteiger partial charge in [0.25, 0.3) is 5.91 Å². The largest absolute Gasteiger partial charge is 0.492 e. The molecule has 0 aliphatic rings. The molecule has 20 heavy (non-hydrogen) atoms. The van der Waals surface area contributed by atoms with Crippen LogP contribution in [0.25, 0.3) is 0 Å². The fourth-order valence-corrected chi connectivity index (χ4v) is 1.50. The number of nitrogens with one attached hydrogen (secondary N) is 1. The highest BCUT2D eigenvalue weighted by molar-refractivity contribution is 5.95. The van der Waals surface area contributed by atoms with Crippen molar-refractivity contribution in [3.63, 3.8) is 0 Å². The highest BCUT2D eigenvalue weighted by atomic mass is 16.5. The van der Waals surface area contributed by atoms with Crippen molar-refractivity contribution in [3.8, 4) is 5.75 Å². The van der Waals surface area contributed by atoms with Gasteiger partial charge >= 0.3 is 5.97 Å². The molecule has 0 fully saturated rings. The predicted octanol–water partition coefficient (Wildman–Crippen LogP) is 1.79. The lowest BCUT2D eigenvalue weighted by molar-refractivity contribution is 0.0696. The van der Waals surface area contributed by atoms with E-state index in [-0.39, 0.29) is 17.9 Å². The van der Waals surface area contributed by atoms with E-state index in [1.54, 1.807) is 0 Å². The minimum Gasteiger partial charge on any atom is -0.492 e. The van der Waals surface area contributed by atoms with Crippen LogP contribution in [0.1, 0.15) is 20.9 Å². The predicted molar refractivity (Wildman–Crippen MR) is 69.9 cm³/mol. The highest BCUT2D eigenvalue weighted by Gasteiger charge is 2.13. The molecule has 1 heterocycles. The fourth-order valence-electron chi connectivity index (χ4n) is 1.50. The fraction of sp³-hybridized carbons (Fsp3) is 0.143. The van der Waals surface area contributed by atoms with Crippen molar-refractivity contribution in [2.45, 2.75) is 0 Å². The van der Waals surface area contributed by atoms with Gasteiger partial charge in [-0.3, -0.25) is 4.79 Å². The molecular formula is C14H13NO5. The van der Waals surface area contributed by atoms with Gasteiger partial charge in [-0.15, -0.1) is 0 Å². The lowest BCUT2D eigenvalue weighted by Crippen LogP contribution is -2.27. The Bertz CT molecular complexity index is 591. The number of carboxylic acids is 1. The quantitative estimate of drug-likeness (QED) is 0.784. The maximum Gasteiger partial charge on any atom is 0.338 e. The molecule has 6 nitrogen and oxygen atoms in total. The summed E-state index contributed by atoms with van der Waals surface area (Å²) in [6.45, 7) is 0.596. The van der Waals surface area contributed by atoms with Crippen molar-refractivity contribution >= 4 is 11.9 Å². The molecule has 0 aliphatic carbocycles. The normalized spacial score (nSPS) is 10.0. The Morgan fingerprint density at radius 2 is 2.00 bits per heavy atom. The van der Waals surface area contributed by atoms with Crippen LogP contribution in [0.5, 0.6) is 5.75 Å². The zero-order valence-corrected chi connectivity index (χ0v) is 10.5. The molecule has 0 saturated carbocycles. The Labute approximate surface area is 115 Å². The van der Waals surface area contributed by atoms with Crippen LogP contribution in [-0.4, -0.2) is 30.1 Å². The molecule has 1 aromatic heterocycles. The summed E-state index contributed by atoms with van der Waals surface area (Å²) in [5.74, 6) is -0.940. The van der Waals surface area contributed by atoms with Crippen LogP contribution in [0, 0.1) is 0 Å². The summed E-state index contributed by atoms with van der Waals surface area (Å²) in [4.78, 5) is 22.3. The van der Waals surface area contributed by atoms with Gasteiger partial charge in [-0.1, -0.05) is 18.2 Å². The first-order chi connectivity index (χ1) is 9.66. The molecule has 1 amide bonds. The number of hydrogen-bond donors (Lipinski definition) is 2. The van der Waals surface area contributed by atoms with E-state index in [1.165, 1.54) is 6.07 Å².